The zero-order valence-electron chi connectivity index (χ0n) is 11.4. The van der Waals surface area contributed by atoms with Crippen LogP contribution in [-0.4, -0.2) is 30.6 Å². The van der Waals surface area contributed by atoms with Crippen LogP contribution in [0.4, 0.5) is 0 Å². The second-order valence-electron chi connectivity index (χ2n) is 5.08. The smallest absolute Gasteiger partial charge is 0.287 e. The molecule has 6 heteroatoms. The highest BCUT2D eigenvalue weighted by Crippen LogP contribution is 2.20. The monoisotopic (exact) mass is 288 g/mol. The van der Waals surface area contributed by atoms with Gasteiger partial charge in [0.05, 0.1) is 6.10 Å². The van der Waals surface area contributed by atoms with Crippen molar-refractivity contribution >= 4 is 22.8 Å². The van der Waals surface area contributed by atoms with E-state index in [1.807, 2.05) is 24.3 Å². The molecule has 110 valence electrons. The van der Waals surface area contributed by atoms with Gasteiger partial charge < -0.3 is 20.2 Å². The Bertz CT molecular complexity index is 646. The van der Waals surface area contributed by atoms with E-state index in [-0.39, 0.29) is 17.8 Å². The van der Waals surface area contributed by atoms with Gasteiger partial charge in [0.15, 0.2) is 5.76 Å². The molecule has 0 spiro atoms. The summed E-state index contributed by atoms with van der Waals surface area (Å²) in [5.41, 5.74) is 5.86. The Morgan fingerprint density at radius 1 is 1.29 bits per heavy atom. The molecule has 3 rings (SSSR count). The Labute approximate surface area is 121 Å². The lowest BCUT2D eigenvalue weighted by atomic mass is 10.2. The van der Waals surface area contributed by atoms with Crippen LogP contribution in [0.5, 0.6) is 0 Å². The maximum atomic E-state index is 12.0. The standard InChI is InChI=1S/C15H16N2O4/c16-14(18)12-6-5-10(20-12)8-17-15(19)13-7-9-3-1-2-4-11(9)21-13/h1-4,7,10,12H,5-6,8H2,(H2,16,18)(H,17,19)/t10-,12+/m0/s1. The van der Waals surface area contributed by atoms with Crippen LogP contribution in [0.1, 0.15) is 23.4 Å². The number of carbonyl (C=O) groups is 2. The number of benzene rings is 1. The molecule has 1 fully saturated rings. The molecule has 2 amide bonds. The first kappa shape index (κ1) is 13.6. The lowest BCUT2D eigenvalue weighted by molar-refractivity contribution is -0.128. The minimum Gasteiger partial charge on any atom is -0.451 e. The van der Waals surface area contributed by atoms with Crippen LogP contribution in [0.25, 0.3) is 11.0 Å². The summed E-state index contributed by atoms with van der Waals surface area (Å²) in [5.74, 6) is -0.487. The van der Waals surface area contributed by atoms with E-state index >= 15 is 0 Å². The normalized spacial score (nSPS) is 21.5. The number of hydrogen-bond donors (Lipinski definition) is 2. The fraction of sp³-hybridized carbons (Fsp3) is 0.333. The Morgan fingerprint density at radius 2 is 2.10 bits per heavy atom. The molecule has 0 aliphatic carbocycles. The van der Waals surface area contributed by atoms with Crippen molar-refractivity contribution in [2.45, 2.75) is 25.0 Å². The van der Waals surface area contributed by atoms with Gasteiger partial charge in [0, 0.05) is 11.9 Å². The van der Waals surface area contributed by atoms with Crippen LogP contribution >= 0.6 is 0 Å². The molecule has 2 aromatic rings. The number of furan rings is 1. The van der Waals surface area contributed by atoms with Gasteiger partial charge in [0.2, 0.25) is 5.91 Å². The third-order valence-electron chi connectivity index (χ3n) is 3.56. The Balaban J connectivity index is 1.58. The average Bonchev–Trinajstić information content (AvgIpc) is 3.11. The number of nitrogens with one attached hydrogen (secondary N) is 1. The molecule has 1 aliphatic rings. The van der Waals surface area contributed by atoms with Crippen molar-refractivity contribution in [1.82, 2.24) is 5.32 Å². The van der Waals surface area contributed by atoms with Gasteiger partial charge in [-0.2, -0.15) is 0 Å². The van der Waals surface area contributed by atoms with Gasteiger partial charge in [0.25, 0.3) is 5.91 Å². The largest absolute Gasteiger partial charge is 0.451 e. The van der Waals surface area contributed by atoms with E-state index in [1.54, 1.807) is 6.07 Å². The molecule has 1 saturated heterocycles. The summed E-state index contributed by atoms with van der Waals surface area (Å²) in [6.07, 6.45) is 0.572. The van der Waals surface area contributed by atoms with Crippen LogP contribution in [0, 0.1) is 0 Å². The molecule has 2 atom stereocenters. The molecule has 2 heterocycles. The minimum atomic E-state index is -0.543. The molecule has 0 radical (unpaired) electrons. The van der Waals surface area contributed by atoms with E-state index in [0.29, 0.717) is 25.0 Å². The molecular formula is C15H16N2O4. The number of nitrogens with two attached hydrogens (primary N) is 1. The third kappa shape index (κ3) is 2.90. The number of primary amides is 1. The second-order valence-corrected chi connectivity index (χ2v) is 5.08. The van der Waals surface area contributed by atoms with Gasteiger partial charge in [-0.1, -0.05) is 18.2 Å². The maximum absolute atomic E-state index is 12.0. The highest BCUT2D eigenvalue weighted by atomic mass is 16.5. The minimum absolute atomic E-state index is 0.184. The van der Waals surface area contributed by atoms with Crippen molar-refractivity contribution in [3.63, 3.8) is 0 Å². The number of fused-ring (bicyclic) bond motifs is 1. The fourth-order valence-electron chi connectivity index (χ4n) is 2.45. The average molecular weight is 288 g/mol. The zero-order valence-corrected chi connectivity index (χ0v) is 11.4. The lowest BCUT2D eigenvalue weighted by Crippen LogP contribution is -2.34. The summed E-state index contributed by atoms with van der Waals surface area (Å²) in [6.45, 7) is 0.333. The molecule has 0 saturated carbocycles. The van der Waals surface area contributed by atoms with Crippen molar-refractivity contribution in [1.29, 1.82) is 0 Å². The highest BCUT2D eigenvalue weighted by molar-refractivity contribution is 5.96. The first-order valence-corrected chi connectivity index (χ1v) is 6.85. The first-order chi connectivity index (χ1) is 10.1. The molecule has 0 unspecified atom stereocenters. The zero-order chi connectivity index (χ0) is 14.8. The van der Waals surface area contributed by atoms with Crippen LogP contribution < -0.4 is 11.1 Å². The topological polar surface area (TPSA) is 94.6 Å². The van der Waals surface area contributed by atoms with E-state index in [4.69, 9.17) is 14.9 Å². The molecule has 21 heavy (non-hydrogen) atoms. The lowest BCUT2D eigenvalue weighted by Gasteiger charge is -2.11. The summed E-state index contributed by atoms with van der Waals surface area (Å²) in [7, 11) is 0. The number of amides is 2. The number of ether oxygens (including phenoxy) is 1. The molecule has 6 nitrogen and oxygen atoms in total. The predicted molar refractivity (Wildman–Crippen MR) is 75.6 cm³/mol. The molecule has 1 aromatic heterocycles. The first-order valence-electron chi connectivity index (χ1n) is 6.85. The summed E-state index contributed by atoms with van der Waals surface area (Å²) in [5, 5.41) is 3.63. The van der Waals surface area contributed by atoms with Gasteiger partial charge >= 0.3 is 0 Å². The number of para-hydroxylation sites is 1. The third-order valence-corrected chi connectivity index (χ3v) is 3.56. The van der Waals surface area contributed by atoms with Gasteiger partial charge in [-0.15, -0.1) is 0 Å². The maximum Gasteiger partial charge on any atom is 0.287 e. The van der Waals surface area contributed by atoms with E-state index < -0.39 is 12.0 Å². The molecule has 1 aliphatic heterocycles. The Kier molecular flexibility index (Phi) is 3.62. The van der Waals surface area contributed by atoms with Gasteiger partial charge in [-0.3, -0.25) is 9.59 Å². The van der Waals surface area contributed by atoms with E-state index in [9.17, 15) is 9.59 Å². The summed E-state index contributed by atoms with van der Waals surface area (Å²) in [4.78, 5) is 23.0. The summed E-state index contributed by atoms with van der Waals surface area (Å²) >= 11 is 0. The fourth-order valence-corrected chi connectivity index (χ4v) is 2.45. The van der Waals surface area contributed by atoms with Crippen LogP contribution in [0.2, 0.25) is 0 Å². The number of hydrogen-bond acceptors (Lipinski definition) is 4. The summed E-state index contributed by atoms with van der Waals surface area (Å²) in [6, 6.07) is 9.13. The van der Waals surface area contributed by atoms with Crippen molar-refractivity contribution in [3.05, 3.63) is 36.1 Å². The van der Waals surface area contributed by atoms with Crippen LogP contribution in [-0.2, 0) is 9.53 Å². The van der Waals surface area contributed by atoms with Crippen molar-refractivity contribution in [2.24, 2.45) is 5.73 Å². The van der Waals surface area contributed by atoms with Crippen molar-refractivity contribution < 1.29 is 18.7 Å². The van der Waals surface area contributed by atoms with Gasteiger partial charge in [0.1, 0.15) is 11.7 Å². The van der Waals surface area contributed by atoms with Crippen LogP contribution in [0.15, 0.2) is 34.7 Å². The molecule has 0 bridgehead atoms. The van der Waals surface area contributed by atoms with Crippen LogP contribution in [0.3, 0.4) is 0 Å². The second kappa shape index (κ2) is 5.57. The molecular weight excluding hydrogens is 272 g/mol. The highest BCUT2D eigenvalue weighted by Gasteiger charge is 2.29. The number of carbonyl (C=O) groups excluding carboxylic acids is 2. The SMILES string of the molecule is NC(=O)[C@H]1CC[C@@H](CNC(=O)c2cc3ccccc3o2)O1. The number of rotatable bonds is 4. The summed E-state index contributed by atoms with van der Waals surface area (Å²) < 4.78 is 10.9. The Hall–Kier alpha value is -2.34. The Morgan fingerprint density at radius 3 is 2.81 bits per heavy atom. The molecule has 3 N–H and O–H groups in total. The van der Waals surface area contributed by atoms with E-state index in [2.05, 4.69) is 5.32 Å². The van der Waals surface area contributed by atoms with Crippen molar-refractivity contribution in [3.8, 4) is 0 Å². The van der Waals surface area contributed by atoms with Gasteiger partial charge in [-0.25, -0.2) is 0 Å². The molecule has 1 aromatic carbocycles. The predicted octanol–water partition coefficient (Wildman–Crippen LogP) is 1.20. The van der Waals surface area contributed by atoms with Crippen molar-refractivity contribution in [2.75, 3.05) is 6.54 Å². The van der Waals surface area contributed by atoms with E-state index in [1.165, 1.54) is 0 Å². The quantitative estimate of drug-likeness (QED) is 0.883. The van der Waals surface area contributed by atoms with E-state index in [0.717, 1.165) is 5.39 Å². The van der Waals surface area contributed by atoms with Gasteiger partial charge in [-0.05, 0) is 25.0 Å².